The number of carbonyl (C=O) groups excluding carboxylic acids is 1. The van der Waals surface area contributed by atoms with E-state index in [4.69, 9.17) is 19.5 Å². The Morgan fingerprint density at radius 3 is 2.63 bits per heavy atom. The Hall–Kier alpha value is -3.15. The lowest BCUT2D eigenvalue weighted by atomic mass is 9.79. The van der Waals surface area contributed by atoms with Crippen LogP contribution in [0, 0.1) is 0 Å². The van der Waals surface area contributed by atoms with Crippen LogP contribution in [0.3, 0.4) is 0 Å². The SMILES string of the molecule is CCNC(=O)Nc1ccc(-c2nc(N3CCOC[C@@H]3C)c3c(n2)N(C)C2(C)N3OC23CNC3)cc1. The van der Waals surface area contributed by atoms with Crippen molar-refractivity contribution in [2.45, 2.75) is 38.1 Å². The average molecular weight is 481 g/mol. The van der Waals surface area contributed by atoms with Crippen molar-refractivity contribution >= 4 is 29.0 Å². The molecule has 3 saturated heterocycles. The normalized spacial score (nSPS) is 26.1. The smallest absolute Gasteiger partial charge is 0.319 e. The van der Waals surface area contributed by atoms with Crippen LogP contribution >= 0.6 is 0 Å². The third kappa shape index (κ3) is 3.11. The van der Waals surface area contributed by atoms with Crippen molar-refractivity contribution in [2.75, 3.05) is 66.6 Å². The largest absolute Gasteiger partial charge is 0.377 e. The van der Waals surface area contributed by atoms with Crippen LogP contribution in [0.25, 0.3) is 11.4 Å². The van der Waals surface area contributed by atoms with Gasteiger partial charge in [0.25, 0.3) is 0 Å². The number of nitrogens with one attached hydrogen (secondary N) is 3. The third-order valence-corrected chi connectivity index (χ3v) is 7.74. The molecule has 2 aromatic rings. The van der Waals surface area contributed by atoms with E-state index in [0.717, 1.165) is 42.5 Å². The maximum absolute atomic E-state index is 11.9. The summed E-state index contributed by atoms with van der Waals surface area (Å²) in [6.07, 6.45) is 0. The Labute approximate surface area is 204 Å². The molecule has 1 aromatic heterocycles. The number of urea groups is 1. The van der Waals surface area contributed by atoms with Gasteiger partial charge in [-0.1, -0.05) is 0 Å². The van der Waals surface area contributed by atoms with E-state index < -0.39 is 0 Å². The summed E-state index contributed by atoms with van der Waals surface area (Å²) in [6, 6.07) is 7.57. The summed E-state index contributed by atoms with van der Waals surface area (Å²) in [5.41, 5.74) is 1.91. The molecule has 0 radical (unpaired) electrons. The quantitative estimate of drug-likeness (QED) is 0.604. The highest BCUT2D eigenvalue weighted by molar-refractivity contribution is 5.90. The second-order valence-electron chi connectivity index (χ2n) is 9.79. The molecule has 0 saturated carbocycles. The molecule has 2 amide bonds. The van der Waals surface area contributed by atoms with E-state index in [0.29, 0.717) is 31.3 Å². The number of morpholine rings is 1. The van der Waals surface area contributed by atoms with Gasteiger partial charge >= 0.3 is 6.03 Å². The topological polar surface area (TPSA) is 107 Å². The van der Waals surface area contributed by atoms with Gasteiger partial charge in [0.15, 0.2) is 34.4 Å². The van der Waals surface area contributed by atoms with Crippen molar-refractivity contribution in [2.24, 2.45) is 0 Å². The summed E-state index contributed by atoms with van der Waals surface area (Å²) in [7, 11) is 2.09. The molecular weight excluding hydrogens is 448 g/mol. The molecule has 11 heteroatoms. The van der Waals surface area contributed by atoms with Crippen LogP contribution < -0.4 is 30.8 Å². The van der Waals surface area contributed by atoms with Crippen molar-refractivity contribution in [1.82, 2.24) is 20.6 Å². The zero-order valence-corrected chi connectivity index (χ0v) is 20.6. The van der Waals surface area contributed by atoms with Crippen LogP contribution in [0.15, 0.2) is 24.3 Å². The molecular formula is C24H32N8O3. The van der Waals surface area contributed by atoms with E-state index in [2.05, 4.69) is 46.6 Å². The minimum Gasteiger partial charge on any atom is -0.377 e. The molecule has 186 valence electrons. The number of benzene rings is 1. The molecule has 3 fully saturated rings. The Balaban J connectivity index is 1.40. The number of carbonyl (C=O) groups is 1. The van der Waals surface area contributed by atoms with Gasteiger partial charge in [-0.2, -0.15) is 0 Å². The number of nitrogens with zero attached hydrogens (tertiary/aromatic N) is 5. The number of hydroxylamine groups is 1. The van der Waals surface area contributed by atoms with E-state index in [1.54, 1.807) is 0 Å². The molecule has 2 atom stereocenters. The van der Waals surface area contributed by atoms with Crippen molar-refractivity contribution in [1.29, 1.82) is 0 Å². The molecule has 1 unspecified atom stereocenters. The van der Waals surface area contributed by atoms with Crippen LogP contribution in [0.2, 0.25) is 0 Å². The van der Waals surface area contributed by atoms with E-state index in [1.165, 1.54) is 0 Å². The van der Waals surface area contributed by atoms with Gasteiger partial charge in [-0.05, 0) is 45.0 Å². The van der Waals surface area contributed by atoms with Crippen LogP contribution in [0.1, 0.15) is 20.8 Å². The van der Waals surface area contributed by atoms with Gasteiger partial charge in [0.1, 0.15) is 0 Å². The van der Waals surface area contributed by atoms with E-state index >= 15 is 0 Å². The summed E-state index contributed by atoms with van der Waals surface area (Å²) in [4.78, 5) is 32.9. The average Bonchev–Trinajstić information content (AvgIpc) is 2.98. The van der Waals surface area contributed by atoms with Crippen molar-refractivity contribution in [3.05, 3.63) is 24.3 Å². The molecule has 11 nitrogen and oxygen atoms in total. The predicted molar refractivity (Wildman–Crippen MR) is 134 cm³/mol. The highest BCUT2D eigenvalue weighted by Crippen LogP contribution is 2.60. The second kappa shape index (κ2) is 7.94. The first kappa shape index (κ1) is 22.3. The maximum atomic E-state index is 11.9. The number of aromatic nitrogens is 2. The molecule has 35 heavy (non-hydrogen) atoms. The molecule has 0 bridgehead atoms. The lowest BCUT2D eigenvalue weighted by Gasteiger charge is -2.66. The van der Waals surface area contributed by atoms with Gasteiger partial charge in [0.05, 0.1) is 19.3 Å². The standard InChI is InChI=1S/C24H32N8O3/c1-5-26-22(33)27-17-8-6-16(7-9-17)19-28-20-18(21(29-19)31-10-11-34-12-15(31)2)32-23(3,30(20)4)24(35-32)13-25-14-24/h6-9,15,25H,5,10-14H2,1-4H3,(H2,26,27,33)/t15-,23?/m0/s1. The van der Waals surface area contributed by atoms with Gasteiger partial charge in [-0.25, -0.2) is 19.8 Å². The van der Waals surface area contributed by atoms with Gasteiger partial charge in [-0.15, -0.1) is 0 Å². The van der Waals surface area contributed by atoms with E-state index in [1.807, 2.05) is 36.3 Å². The highest BCUT2D eigenvalue weighted by atomic mass is 16.8. The fourth-order valence-electron chi connectivity index (χ4n) is 5.42. The molecule has 3 N–H and O–H groups in total. The van der Waals surface area contributed by atoms with Gasteiger partial charge in [0.2, 0.25) is 0 Å². The third-order valence-electron chi connectivity index (χ3n) is 7.74. The van der Waals surface area contributed by atoms with Crippen LogP contribution in [-0.4, -0.2) is 79.7 Å². The number of rotatable bonds is 4. The number of hydrogen-bond acceptors (Lipinski definition) is 9. The minimum atomic E-state index is -0.335. The summed E-state index contributed by atoms with van der Waals surface area (Å²) in [5, 5.41) is 10.9. The lowest BCUT2D eigenvalue weighted by Crippen LogP contribution is -2.89. The first-order valence-corrected chi connectivity index (χ1v) is 12.2. The Morgan fingerprint density at radius 2 is 1.97 bits per heavy atom. The fourth-order valence-corrected chi connectivity index (χ4v) is 5.42. The number of ether oxygens (including phenoxy) is 1. The van der Waals surface area contributed by atoms with Gasteiger partial charge < -0.3 is 30.5 Å². The van der Waals surface area contributed by atoms with Crippen molar-refractivity contribution in [3.8, 4) is 11.4 Å². The minimum absolute atomic E-state index is 0.178. The van der Waals surface area contributed by atoms with Crippen LogP contribution in [-0.2, 0) is 9.57 Å². The van der Waals surface area contributed by atoms with Crippen LogP contribution in [0.5, 0.6) is 0 Å². The first-order valence-electron chi connectivity index (χ1n) is 12.2. The van der Waals surface area contributed by atoms with Crippen molar-refractivity contribution in [3.63, 3.8) is 0 Å². The predicted octanol–water partition coefficient (Wildman–Crippen LogP) is 1.77. The number of likely N-dealkylation sites (N-methyl/N-ethyl adjacent to an activating group) is 1. The Bertz CT molecular complexity index is 1150. The van der Waals surface area contributed by atoms with Gasteiger partial charge in [-0.3, -0.25) is 4.84 Å². The van der Waals surface area contributed by atoms with Gasteiger partial charge in [0, 0.05) is 44.5 Å². The molecule has 1 aromatic carbocycles. The maximum Gasteiger partial charge on any atom is 0.319 e. The molecule has 0 aliphatic carbocycles. The number of anilines is 4. The fraction of sp³-hybridized carbons (Fsp3) is 0.542. The zero-order chi connectivity index (χ0) is 24.4. The summed E-state index contributed by atoms with van der Waals surface area (Å²) < 4.78 is 5.70. The Morgan fingerprint density at radius 1 is 1.23 bits per heavy atom. The molecule has 6 rings (SSSR count). The molecule has 5 heterocycles. The number of hydrogen-bond donors (Lipinski definition) is 3. The first-order chi connectivity index (χ1) is 16.9. The second-order valence-corrected chi connectivity index (χ2v) is 9.79. The summed E-state index contributed by atoms with van der Waals surface area (Å²) in [6.45, 7) is 10.5. The van der Waals surface area contributed by atoms with Crippen LogP contribution in [0.4, 0.5) is 27.8 Å². The summed E-state index contributed by atoms with van der Waals surface area (Å²) >= 11 is 0. The highest BCUT2D eigenvalue weighted by Gasteiger charge is 2.74. The molecule has 4 aliphatic rings. The monoisotopic (exact) mass is 480 g/mol. The Kier molecular flexibility index (Phi) is 5.06. The number of fused-ring (bicyclic) bond motifs is 4. The number of amides is 2. The summed E-state index contributed by atoms with van der Waals surface area (Å²) in [5.74, 6) is 2.36. The lowest BCUT2D eigenvalue weighted by molar-refractivity contribution is -0.250. The zero-order valence-electron chi connectivity index (χ0n) is 20.6. The van der Waals surface area contributed by atoms with E-state index in [9.17, 15) is 4.79 Å². The molecule has 4 aliphatic heterocycles. The van der Waals surface area contributed by atoms with Crippen molar-refractivity contribution < 1.29 is 14.4 Å². The van der Waals surface area contributed by atoms with E-state index in [-0.39, 0.29) is 23.3 Å². The molecule has 1 spiro atoms.